The van der Waals surface area contributed by atoms with E-state index in [4.69, 9.17) is 51.3 Å². The summed E-state index contributed by atoms with van der Waals surface area (Å²) in [6, 6.07) is -9.66. The number of nitrogens with one attached hydrogen (secondary N) is 17. The van der Waals surface area contributed by atoms with E-state index in [2.05, 4.69) is 84.7 Å². The molecule has 720 valence electrons. The zero-order valence-corrected chi connectivity index (χ0v) is 71.9. The number of aromatic hydroxyl groups is 2. The number of amides is 20. The van der Waals surface area contributed by atoms with Gasteiger partial charge in [0.1, 0.15) is 96.1 Å². The Labute approximate surface area is 752 Å². The van der Waals surface area contributed by atoms with Crippen molar-refractivity contribution in [3.63, 3.8) is 0 Å². The quantitative estimate of drug-likeness (QED) is 0.0111. The molecule has 4 aromatic rings. The largest absolute Gasteiger partial charge is 0.508 e. The highest BCUT2D eigenvalue weighted by Gasteiger charge is 2.40. The topological polar surface area (TPSA) is 905 Å². The van der Waals surface area contributed by atoms with E-state index >= 15 is 0 Å². The number of phenolic OH excluding ortho intramolecular Hbond substituents is 2. The van der Waals surface area contributed by atoms with Gasteiger partial charge in [0, 0.05) is 62.2 Å². The summed E-state index contributed by atoms with van der Waals surface area (Å²) >= 11 is 0. The highest BCUT2D eigenvalue weighted by atomic mass is 16.4. The summed E-state index contributed by atoms with van der Waals surface area (Å²) < 4.78 is 0. The summed E-state index contributed by atoms with van der Waals surface area (Å²) in [5.74, 6) is -28.9. The normalized spacial score (nSPS) is 14.1. The van der Waals surface area contributed by atoms with Gasteiger partial charge >= 0.3 is 11.9 Å². The Bertz CT molecular complexity index is 4860. The molecule has 0 spiro atoms. The summed E-state index contributed by atoms with van der Waals surface area (Å²) in [4.78, 5) is 299. The summed E-state index contributed by atoms with van der Waals surface area (Å²) in [6.45, 7) is 2.14. The maximum absolute atomic E-state index is 14.6. The molecule has 14 atom stereocenters. The third kappa shape index (κ3) is 38.9. The number of aliphatic carboxylic acids is 2. The van der Waals surface area contributed by atoms with Crippen LogP contribution in [-0.4, -0.2) is 271 Å². The van der Waals surface area contributed by atoms with Crippen LogP contribution in [0.25, 0.3) is 10.9 Å². The fourth-order valence-corrected chi connectivity index (χ4v) is 12.8. The second-order valence-electron chi connectivity index (χ2n) is 30.9. The minimum absolute atomic E-state index is 0.127. The zero-order valence-electron chi connectivity index (χ0n) is 71.9. The van der Waals surface area contributed by atoms with Gasteiger partial charge in [0.05, 0.1) is 38.8 Å². The number of phenols is 2. The van der Waals surface area contributed by atoms with E-state index in [1.165, 1.54) is 42.6 Å². The predicted octanol–water partition coefficient (Wildman–Crippen LogP) is -11.3. The molecule has 0 saturated heterocycles. The molecule has 0 aliphatic heterocycles. The van der Waals surface area contributed by atoms with Crippen LogP contribution >= 0.6 is 0 Å². The molecule has 0 unspecified atom stereocenters. The van der Waals surface area contributed by atoms with Gasteiger partial charge in [-0.1, -0.05) is 56.3 Å². The second-order valence-corrected chi connectivity index (χ2v) is 30.9. The Hall–Kier alpha value is -15.7. The third-order valence-electron chi connectivity index (χ3n) is 19.5. The number of carboxylic acid groups (broad SMARTS) is 2. The molecule has 1 heterocycles. The highest BCUT2D eigenvalue weighted by Crippen LogP contribution is 2.21. The van der Waals surface area contributed by atoms with Crippen LogP contribution in [0, 0.1) is 11.3 Å². The number of guanidine groups is 1. The van der Waals surface area contributed by atoms with E-state index in [-0.39, 0.29) is 42.0 Å². The number of H-pyrrole nitrogens is 1. The minimum Gasteiger partial charge on any atom is -0.508 e. The molecular weight excluding hydrogens is 1740 g/mol. The van der Waals surface area contributed by atoms with Gasteiger partial charge in [0.15, 0.2) is 5.96 Å². The van der Waals surface area contributed by atoms with Crippen molar-refractivity contribution in [3.8, 4) is 11.5 Å². The Balaban J connectivity index is 1.63. The summed E-state index contributed by atoms with van der Waals surface area (Å²) in [5.41, 5.74) is 44.6. The van der Waals surface area contributed by atoms with Gasteiger partial charge in [0.2, 0.25) is 118 Å². The maximum Gasteiger partial charge on any atom is 0.326 e. The number of aromatic nitrogens is 1. The van der Waals surface area contributed by atoms with E-state index in [1.54, 1.807) is 38.1 Å². The number of aromatic amines is 1. The van der Waals surface area contributed by atoms with Crippen LogP contribution in [0.1, 0.15) is 121 Å². The number of rotatable bonds is 59. The van der Waals surface area contributed by atoms with Crippen molar-refractivity contribution in [2.45, 2.75) is 208 Å². The summed E-state index contributed by atoms with van der Waals surface area (Å²) in [5, 5.41) is 93.2. The molecule has 0 saturated carbocycles. The van der Waals surface area contributed by atoms with Gasteiger partial charge in [0.25, 0.3) is 0 Å². The number of fused-ring (bicyclic) bond motifs is 1. The molecule has 0 bridgehead atoms. The molecule has 0 aliphatic carbocycles. The van der Waals surface area contributed by atoms with Gasteiger partial charge in [-0.3, -0.25) is 106 Å². The molecule has 0 aliphatic rings. The highest BCUT2D eigenvalue weighted by molar-refractivity contribution is 6.03. The van der Waals surface area contributed by atoms with Gasteiger partial charge < -0.3 is 156 Å². The Morgan fingerprint density at radius 2 is 0.705 bits per heavy atom. The number of aliphatic hydroxyl groups excluding tert-OH is 1. The molecule has 38 N–H and O–H groups in total. The first-order valence-electron chi connectivity index (χ1n) is 41.0. The monoisotopic (exact) mass is 1860 g/mol. The van der Waals surface area contributed by atoms with E-state index in [0.717, 1.165) is 19.1 Å². The van der Waals surface area contributed by atoms with Crippen LogP contribution in [-0.2, 0) is 125 Å². The van der Waals surface area contributed by atoms with E-state index in [1.807, 2.05) is 0 Å². The number of primary amides is 6. The molecule has 0 fully saturated rings. The first kappa shape index (κ1) is 109. The number of carboxylic acids is 2. The minimum atomic E-state index is -2.19. The Morgan fingerprint density at radius 1 is 0.371 bits per heavy atom. The smallest absolute Gasteiger partial charge is 0.326 e. The van der Waals surface area contributed by atoms with Gasteiger partial charge in [-0.05, 0) is 98.4 Å². The number of hydrogen-bond acceptors (Lipinski definition) is 27. The van der Waals surface area contributed by atoms with Crippen molar-refractivity contribution in [2.75, 3.05) is 19.7 Å². The molecule has 20 amide bonds. The van der Waals surface area contributed by atoms with Crippen molar-refractivity contribution in [1.29, 1.82) is 5.41 Å². The first-order chi connectivity index (χ1) is 62.1. The van der Waals surface area contributed by atoms with Crippen LogP contribution < -0.4 is 126 Å². The fourth-order valence-electron chi connectivity index (χ4n) is 12.8. The van der Waals surface area contributed by atoms with E-state index in [0.29, 0.717) is 16.5 Å². The lowest BCUT2D eigenvalue weighted by molar-refractivity contribution is -0.143. The van der Waals surface area contributed by atoms with Crippen LogP contribution in [0.4, 0.5) is 0 Å². The number of benzene rings is 3. The van der Waals surface area contributed by atoms with Crippen molar-refractivity contribution < 1.29 is 131 Å². The molecule has 0 radical (unpaired) electrons. The van der Waals surface area contributed by atoms with Gasteiger partial charge in [-0.15, -0.1) is 0 Å². The van der Waals surface area contributed by atoms with Crippen LogP contribution in [0.2, 0.25) is 0 Å². The lowest BCUT2D eigenvalue weighted by atomic mass is 10.00. The maximum atomic E-state index is 14.6. The molecule has 52 nitrogen and oxygen atoms in total. The average Bonchev–Trinajstić information content (AvgIpc) is 1.67. The molecule has 4 rings (SSSR count). The predicted molar refractivity (Wildman–Crippen MR) is 460 cm³/mol. The van der Waals surface area contributed by atoms with E-state index < -0.39 is 330 Å². The Kier molecular flexibility index (Phi) is 44.3. The lowest BCUT2D eigenvalue weighted by Gasteiger charge is -2.28. The summed E-state index contributed by atoms with van der Waals surface area (Å²) in [6.07, 6.45) is -8.48. The SMILES string of the molecule is CC(C)C[C@H](NC(=O)[C@H](CCC(N)=O)NC(=O)[C@H](C)NC(=O)[C@H](CCCNC(=N)N)NC(=O)[C@H](CCC(N)=O)NC(=O)[C@H](CO)NC(=O)[C@H](CC(N)=O)NC(=O)[C@H](Cc1ccc(O)cc1)NC(=O)[C@H](CC(=O)O)NC(=O)[C@H](Cc1c[nH]c2ccccc12)NC(=O)[C@H](CC(N)=O)NC(=O)CN)C(=O)N[C@@H](Cc1ccc(O)cc1)C(=O)N[C@@H](CC(N)=O)C(=O)N[C@@H](CCC(N)=O)C(=O)O. The van der Waals surface area contributed by atoms with Crippen LogP contribution in [0.3, 0.4) is 0 Å². The van der Waals surface area contributed by atoms with Gasteiger partial charge in [-0.2, -0.15) is 0 Å². The lowest BCUT2D eigenvalue weighted by Crippen LogP contribution is -2.62. The average molecular weight is 1860 g/mol. The fraction of sp³-hybridized carbons (Fsp3) is 0.463. The van der Waals surface area contributed by atoms with Crippen LogP contribution in [0.15, 0.2) is 79.0 Å². The Morgan fingerprint density at radius 3 is 1.11 bits per heavy atom. The third-order valence-corrected chi connectivity index (χ3v) is 19.5. The zero-order chi connectivity index (χ0) is 98.9. The first-order valence-corrected chi connectivity index (χ1v) is 41.0. The van der Waals surface area contributed by atoms with Gasteiger partial charge in [-0.25, -0.2) is 4.79 Å². The summed E-state index contributed by atoms with van der Waals surface area (Å²) in [7, 11) is 0. The van der Waals surface area contributed by atoms with Crippen molar-refractivity contribution in [2.24, 2.45) is 51.8 Å². The number of carbonyl (C=O) groups excluding carboxylic acids is 20. The molecule has 132 heavy (non-hydrogen) atoms. The number of hydrogen-bond donors (Lipinski definition) is 30. The number of nitrogens with two attached hydrogens (primary N) is 8. The standard InChI is InChI=1S/C80H113N25O27/c1-36(2)25-49(70(122)99-50(26-38-10-14-41(107)15-11-38)71(123)102-54(30-62(86)113)75(127)97-48(79(131)132)20-23-60(84)111)98-69(121)46(18-21-58(82)109)94-66(118)37(3)92-67(119)45(9-6-24-90-80(88)89)95-68(120)47(19-22-59(83)110)96-78(130)57(35-106)105-76(128)55(31-63(87)114)103-72(124)51(27-39-12-16-42(108)17-13-39)100-77(129)56(32-65(116)117)104-73(125)52(28-40-34-91-44-8-5-4-7-43(40)44)101-74(126)53(29-61(85)112)93-64(115)33-81/h4-5,7-8,10-17,34,36-37,45-57,91,106-108H,6,9,18-33,35,81H2,1-3H3,(H2,82,109)(H2,83,110)(H2,84,111)(H2,85,112)(H2,86,113)(H2,87,114)(H,92,119)(H,93,115)(H,94,118)(H,95,120)(H,96,130)(H,97,127)(H,98,121)(H,99,122)(H,100,129)(H,101,126)(H,102,123)(H,103,124)(H,104,125)(H,105,128)(H,116,117)(H,131,132)(H4,88,89,90)/t37-,45-,46-,47-,48-,49-,50-,51-,52-,53-,54-,55-,56-,57-/m0/s1. The molecule has 3 aromatic carbocycles. The van der Waals surface area contributed by atoms with E-state index in [9.17, 15) is 131 Å². The molecular formula is C80H113N25O27. The second kappa shape index (κ2) is 53.8. The number of aliphatic hydroxyl groups is 1. The van der Waals surface area contributed by atoms with Crippen molar-refractivity contribution >= 4 is 147 Å². The number of carbonyl (C=O) groups is 22. The molecule has 52 heteroatoms. The molecule has 1 aromatic heterocycles. The van der Waals surface area contributed by atoms with Crippen LogP contribution in [0.5, 0.6) is 11.5 Å². The van der Waals surface area contributed by atoms with Crippen molar-refractivity contribution in [1.82, 2.24) is 84.7 Å². The van der Waals surface area contributed by atoms with Crippen molar-refractivity contribution in [3.05, 3.63) is 95.7 Å². The number of para-hydroxylation sites is 1.